The van der Waals surface area contributed by atoms with Gasteiger partial charge in [-0.3, -0.25) is 4.79 Å². The molecule has 0 amide bonds. The molecule has 1 aliphatic rings. The molecule has 0 bridgehead atoms. The van der Waals surface area contributed by atoms with Gasteiger partial charge in [0.1, 0.15) is 0 Å². The third kappa shape index (κ3) is 3.07. The molecular formula is C14H18O3. The molecule has 0 N–H and O–H groups in total. The number of esters is 1. The van der Waals surface area contributed by atoms with Crippen LogP contribution in [0.1, 0.15) is 36.8 Å². The summed E-state index contributed by atoms with van der Waals surface area (Å²) in [7, 11) is 0. The van der Waals surface area contributed by atoms with E-state index in [1.54, 1.807) is 0 Å². The van der Waals surface area contributed by atoms with Crippen LogP contribution in [-0.4, -0.2) is 19.2 Å². The maximum Gasteiger partial charge on any atom is 0.306 e. The van der Waals surface area contributed by atoms with Crippen LogP contribution in [0, 0.1) is 0 Å². The van der Waals surface area contributed by atoms with Crippen LogP contribution in [0.15, 0.2) is 24.3 Å². The van der Waals surface area contributed by atoms with E-state index in [4.69, 9.17) is 9.47 Å². The first-order valence-electron chi connectivity index (χ1n) is 6.12. The summed E-state index contributed by atoms with van der Waals surface area (Å²) in [5.74, 6) is 0.113. The van der Waals surface area contributed by atoms with Crippen molar-refractivity contribution in [2.75, 3.05) is 13.2 Å². The minimum Gasteiger partial charge on any atom is -0.466 e. The van der Waals surface area contributed by atoms with Gasteiger partial charge in [-0.15, -0.1) is 0 Å². The van der Waals surface area contributed by atoms with Crippen molar-refractivity contribution in [3.63, 3.8) is 0 Å². The minimum atomic E-state index is -0.116. The molecule has 1 aromatic carbocycles. The number of hydrogen-bond donors (Lipinski definition) is 0. The number of carbonyl (C=O) groups is 1. The molecule has 1 aromatic rings. The fraction of sp³-hybridized carbons (Fsp3) is 0.500. The quantitative estimate of drug-likeness (QED) is 0.754. The maximum absolute atomic E-state index is 11.6. The highest BCUT2D eigenvalue weighted by Gasteiger charge is 2.21. The zero-order valence-corrected chi connectivity index (χ0v) is 10.1. The highest BCUT2D eigenvalue weighted by atomic mass is 16.5. The van der Waals surface area contributed by atoms with Gasteiger partial charge in [-0.2, -0.15) is 0 Å². The molecule has 3 nitrogen and oxygen atoms in total. The first-order valence-corrected chi connectivity index (χ1v) is 6.12. The molecule has 3 heteroatoms. The molecule has 0 spiro atoms. The zero-order chi connectivity index (χ0) is 12.1. The summed E-state index contributed by atoms with van der Waals surface area (Å²) in [5.41, 5.74) is 2.43. The molecule has 0 fully saturated rings. The Morgan fingerprint density at radius 2 is 2.29 bits per heavy atom. The van der Waals surface area contributed by atoms with E-state index in [1.807, 2.05) is 19.1 Å². The first kappa shape index (κ1) is 12.1. The topological polar surface area (TPSA) is 35.5 Å². The van der Waals surface area contributed by atoms with Crippen LogP contribution in [0.3, 0.4) is 0 Å². The minimum absolute atomic E-state index is 0.116. The van der Waals surface area contributed by atoms with E-state index in [0.717, 1.165) is 6.42 Å². The van der Waals surface area contributed by atoms with Crippen LogP contribution in [0.25, 0.3) is 0 Å². The lowest BCUT2D eigenvalue weighted by Crippen LogP contribution is -2.11. The van der Waals surface area contributed by atoms with E-state index < -0.39 is 0 Å². The Morgan fingerprint density at radius 1 is 1.47 bits per heavy atom. The fourth-order valence-electron chi connectivity index (χ4n) is 2.26. The monoisotopic (exact) mass is 234 g/mol. The summed E-state index contributed by atoms with van der Waals surface area (Å²) in [6.45, 7) is 3.64. The highest BCUT2D eigenvalue weighted by Crippen LogP contribution is 2.30. The van der Waals surface area contributed by atoms with Crippen molar-refractivity contribution < 1.29 is 14.3 Å². The predicted octanol–water partition coefficient (Wildman–Crippen LogP) is 2.64. The Bertz CT molecular complexity index is 387. The van der Waals surface area contributed by atoms with Crippen molar-refractivity contribution >= 4 is 5.97 Å². The summed E-state index contributed by atoms with van der Waals surface area (Å²) in [6.07, 6.45) is 1.34. The second-order valence-corrected chi connectivity index (χ2v) is 4.25. The SMILES string of the molecule is CCOC(=O)CC1CCOCc2ccccc21. The van der Waals surface area contributed by atoms with Crippen molar-refractivity contribution in [1.29, 1.82) is 0 Å². The van der Waals surface area contributed by atoms with Crippen molar-refractivity contribution in [2.45, 2.75) is 32.3 Å². The van der Waals surface area contributed by atoms with Gasteiger partial charge in [0.25, 0.3) is 0 Å². The van der Waals surface area contributed by atoms with Gasteiger partial charge in [-0.25, -0.2) is 0 Å². The van der Waals surface area contributed by atoms with E-state index in [-0.39, 0.29) is 11.9 Å². The van der Waals surface area contributed by atoms with Gasteiger partial charge < -0.3 is 9.47 Å². The third-order valence-electron chi connectivity index (χ3n) is 3.08. The summed E-state index contributed by atoms with van der Waals surface area (Å²) >= 11 is 0. The summed E-state index contributed by atoms with van der Waals surface area (Å²) in [6, 6.07) is 8.18. The summed E-state index contributed by atoms with van der Waals surface area (Å²) < 4.78 is 10.6. The van der Waals surface area contributed by atoms with E-state index in [0.29, 0.717) is 26.2 Å². The lowest BCUT2D eigenvalue weighted by molar-refractivity contribution is -0.143. The Labute approximate surface area is 102 Å². The maximum atomic E-state index is 11.6. The van der Waals surface area contributed by atoms with Crippen LogP contribution in [0.2, 0.25) is 0 Å². The number of rotatable bonds is 3. The molecule has 1 unspecified atom stereocenters. The Balaban J connectivity index is 2.14. The van der Waals surface area contributed by atoms with Crippen LogP contribution < -0.4 is 0 Å². The standard InChI is InChI=1S/C14H18O3/c1-2-17-14(15)9-11-7-8-16-10-12-5-3-4-6-13(11)12/h3-6,11H,2,7-10H2,1H3. The lowest BCUT2D eigenvalue weighted by Gasteiger charge is -2.15. The van der Waals surface area contributed by atoms with E-state index in [9.17, 15) is 4.79 Å². The van der Waals surface area contributed by atoms with Gasteiger partial charge >= 0.3 is 5.97 Å². The second-order valence-electron chi connectivity index (χ2n) is 4.25. The van der Waals surface area contributed by atoms with Gasteiger partial charge in [-0.1, -0.05) is 24.3 Å². The van der Waals surface area contributed by atoms with Crippen LogP contribution in [-0.2, 0) is 20.9 Å². The highest BCUT2D eigenvalue weighted by molar-refractivity contribution is 5.70. The van der Waals surface area contributed by atoms with E-state index in [2.05, 4.69) is 12.1 Å². The van der Waals surface area contributed by atoms with Crippen molar-refractivity contribution in [2.24, 2.45) is 0 Å². The predicted molar refractivity (Wildman–Crippen MR) is 64.7 cm³/mol. The van der Waals surface area contributed by atoms with Gasteiger partial charge in [0, 0.05) is 6.61 Å². The van der Waals surface area contributed by atoms with Crippen LogP contribution >= 0.6 is 0 Å². The largest absolute Gasteiger partial charge is 0.466 e. The molecule has 2 rings (SSSR count). The Morgan fingerprint density at radius 3 is 3.12 bits per heavy atom. The molecule has 1 heterocycles. The number of hydrogen-bond acceptors (Lipinski definition) is 3. The molecule has 1 aliphatic heterocycles. The van der Waals surface area contributed by atoms with Gasteiger partial charge in [0.2, 0.25) is 0 Å². The van der Waals surface area contributed by atoms with Gasteiger partial charge in [-0.05, 0) is 30.4 Å². The fourth-order valence-corrected chi connectivity index (χ4v) is 2.26. The molecule has 1 atom stereocenters. The first-order chi connectivity index (χ1) is 8.31. The molecular weight excluding hydrogens is 216 g/mol. The van der Waals surface area contributed by atoms with Crippen molar-refractivity contribution in [3.8, 4) is 0 Å². The molecule has 0 saturated heterocycles. The summed E-state index contributed by atoms with van der Waals surface area (Å²) in [5, 5.41) is 0. The summed E-state index contributed by atoms with van der Waals surface area (Å²) in [4.78, 5) is 11.6. The second kappa shape index (κ2) is 5.82. The van der Waals surface area contributed by atoms with Crippen molar-refractivity contribution in [3.05, 3.63) is 35.4 Å². The number of benzene rings is 1. The molecule has 17 heavy (non-hydrogen) atoms. The average molecular weight is 234 g/mol. The molecule has 0 radical (unpaired) electrons. The molecule has 0 aromatic heterocycles. The normalized spacial score (nSPS) is 19.2. The average Bonchev–Trinajstić information content (AvgIpc) is 2.53. The lowest BCUT2D eigenvalue weighted by atomic mass is 9.90. The van der Waals surface area contributed by atoms with Gasteiger partial charge in [0.15, 0.2) is 0 Å². The number of ether oxygens (including phenoxy) is 2. The van der Waals surface area contributed by atoms with E-state index >= 15 is 0 Å². The molecule has 0 saturated carbocycles. The molecule has 0 aliphatic carbocycles. The third-order valence-corrected chi connectivity index (χ3v) is 3.08. The Hall–Kier alpha value is -1.35. The molecule has 92 valence electrons. The van der Waals surface area contributed by atoms with Crippen LogP contribution in [0.5, 0.6) is 0 Å². The van der Waals surface area contributed by atoms with E-state index in [1.165, 1.54) is 11.1 Å². The Kier molecular flexibility index (Phi) is 4.15. The van der Waals surface area contributed by atoms with Crippen LogP contribution in [0.4, 0.5) is 0 Å². The zero-order valence-electron chi connectivity index (χ0n) is 10.1. The number of carbonyl (C=O) groups excluding carboxylic acids is 1. The van der Waals surface area contributed by atoms with Gasteiger partial charge in [0.05, 0.1) is 19.6 Å². The smallest absolute Gasteiger partial charge is 0.306 e. The van der Waals surface area contributed by atoms with Crippen molar-refractivity contribution in [1.82, 2.24) is 0 Å². The number of fused-ring (bicyclic) bond motifs is 1.